The first kappa shape index (κ1) is 61.1. The number of carbonyl (C=O) groups excluding carboxylic acids is 7. The number of nitriles is 1. The molecular weight excluding hydrogens is 1010 g/mol. The Morgan fingerprint density at radius 1 is 0.789 bits per heavy atom. The smallest absolute Gasteiger partial charge is 0.419 e. The number of likely N-dealkylation sites (tertiary alicyclic amines) is 1. The van der Waals surface area contributed by atoms with Gasteiger partial charge in [0.25, 0.3) is 17.7 Å². The molecule has 1 aromatic heterocycles. The molecule has 0 unspecified atom stereocenters. The number of aliphatic carboxylic acids is 1. The first-order valence-corrected chi connectivity index (χ1v) is 24.6. The fourth-order valence-corrected chi connectivity index (χ4v) is 7.60. The quantitative estimate of drug-likeness (QED) is 0.0341. The number of halogens is 4. The molecule has 76 heavy (non-hydrogen) atoms. The molecule has 3 aromatic rings. The summed E-state index contributed by atoms with van der Waals surface area (Å²) < 4.78 is 75.1. The highest BCUT2D eigenvalue weighted by Gasteiger charge is 2.35. The van der Waals surface area contributed by atoms with Crippen LogP contribution in [0.3, 0.4) is 0 Å². The number of nitrogens with one attached hydrogen (secondary N) is 6. The number of hydrogen-bond acceptors (Lipinski definition) is 14. The van der Waals surface area contributed by atoms with E-state index in [-0.39, 0.29) is 110 Å². The van der Waals surface area contributed by atoms with Gasteiger partial charge in [0, 0.05) is 62.7 Å². The number of carboxylic acids is 1. The van der Waals surface area contributed by atoms with Crippen molar-refractivity contribution in [2.75, 3.05) is 79.0 Å². The van der Waals surface area contributed by atoms with E-state index in [4.69, 9.17) is 18.9 Å². The van der Waals surface area contributed by atoms with Gasteiger partial charge in [-0.25, -0.2) is 9.18 Å². The number of aromatic nitrogens is 1. The maximum Gasteiger partial charge on any atom is 0.419 e. The molecule has 2 heterocycles. The van der Waals surface area contributed by atoms with Crippen LogP contribution in [0.5, 0.6) is 5.75 Å². The zero-order valence-corrected chi connectivity index (χ0v) is 41.9. The number of unbranched alkanes of at least 4 members (excludes halogenated alkanes) is 2. The van der Waals surface area contributed by atoms with Crippen molar-refractivity contribution < 1.29 is 80.0 Å². The number of carbonyl (C=O) groups is 8. The molecule has 4 rings (SSSR count). The Balaban J connectivity index is 1.09. The Morgan fingerprint density at radius 3 is 2.16 bits per heavy atom. The van der Waals surface area contributed by atoms with Crippen LogP contribution in [-0.2, 0) is 49.2 Å². The Labute approximate surface area is 435 Å². The summed E-state index contributed by atoms with van der Waals surface area (Å²) in [5, 5.41) is 34.8. The van der Waals surface area contributed by atoms with Gasteiger partial charge in [-0.3, -0.25) is 38.5 Å². The second-order valence-corrected chi connectivity index (χ2v) is 17.3. The topological polar surface area (TPSA) is 306 Å². The van der Waals surface area contributed by atoms with Gasteiger partial charge in [0.2, 0.25) is 23.6 Å². The summed E-state index contributed by atoms with van der Waals surface area (Å²) in [6, 6.07) is 7.25. The summed E-state index contributed by atoms with van der Waals surface area (Å²) in [6.45, 7) is 2.44. The standard InChI is InChI=1S/C50H63F4N9O13/c1-32(64)56-16-4-3-9-41(49(71)72)62-48(70)40(8-2-5-17-59-46(68)33-10-13-39(51)38(27-33)50(52,53)54)61-43(65)15-21-73-23-25-75-26-24-74-22-19-58-44(66)31-76-35-11-12-36-37(14-18-57-42(36)28-35)47(69)60-30-45(67)63-20-6-7-34(63)29-55/h10-14,18,27-28,34,40-41H,2-9,15-17,19-26,30-31H2,1H3,(H,56,64)(H,58,66)(H,59,68)(H,60,69)(H,61,65)(H,62,70)(H,71,72)/t34-,40-,41-/m0/s1. The van der Waals surface area contributed by atoms with Gasteiger partial charge in [0.1, 0.15) is 29.7 Å². The molecule has 22 nitrogen and oxygen atoms in total. The molecule has 0 radical (unpaired) electrons. The number of ether oxygens (including phenoxy) is 4. The Morgan fingerprint density at radius 2 is 1.47 bits per heavy atom. The molecule has 1 saturated heterocycles. The largest absolute Gasteiger partial charge is 0.484 e. The molecule has 7 N–H and O–H groups in total. The van der Waals surface area contributed by atoms with Crippen molar-refractivity contribution >= 4 is 58.2 Å². The van der Waals surface area contributed by atoms with E-state index in [0.717, 1.165) is 12.5 Å². The Kier molecular flexibility index (Phi) is 25.7. The summed E-state index contributed by atoms with van der Waals surface area (Å²) in [4.78, 5) is 105. The fraction of sp³-hybridized carbons (Fsp3) is 0.520. The number of amides is 7. The molecule has 1 fully saturated rings. The first-order valence-electron chi connectivity index (χ1n) is 24.6. The molecule has 0 aliphatic carbocycles. The molecule has 0 spiro atoms. The number of hydrogen-bond donors (Lipinski definition) is 7. The van der Waals surface area contributed by atoms with Gasteiger partial charge in [-0.1, -0.05) is 0 Å². The summed E-state index contributed by atoms with van der Waals surface area (Å²) in [5.74, 6) is -6.25. The number of nitrogens with zero attached hydrogens (tertiary/aromatic N) is 3. The van der Waals surface area contributed by atoms with Gasteiger partial charge >= 0.3 is 12.1 Å². The first-order chi connectivity index (χ1) is 36.4. The third-order valence-corrected chi connectivity index (χ3v) is 11.5. The van der Waals surface area contributed by atoms with Crippen LogP contribution in [-0.4, -0.2) is 159 Å². The second-order valence-electron chi connectivity index (χ2n) is 17.3. The highest BCUT2D eigenvalue weighted by molar-refractivity contribution is 6.07. The van der Waals surface area contributed by atoms with E-state index in [2.05, 4.69) is 43.0 Å². The highest BCUT2D eigenvalue weighted by Crippen LogP contribution is 2.32. The molecule has 3 atom stereocenters. The van der Waals surface area contributed by atoms with Crippen molar-refractivity contribution in [3.63, 3.8) is 0 Å². The average Bonchev–Trinajstić information content (AvgIpc) is 3.87. The minimum Gasteiger partial charge on any atom is -0.484 e. The van der Waals surface area contributed by atoms with Crippen LogP contribution < -0.4 is 36.6 Å². The van der Waals surface area contributed by atoms with E-state index in [1.54, 1.807) is 18.2 Å². The number of carboxylic acid groups (broad SMARTS) is 1. The van der Waals surface area contributed by atoms with Gasteiger partial charge < -0.3 is 60.9 Å². The number of benzene rings is 2. The summed E-state index contributed by atoms with van der Waals surface area (Å²) in [5.41, 5.74) is -1.29. The summed E-state index contributed by atoms with van der Waals surface area (Å²) >= 11 is 0. The Bertz CT molecular complexity index is 2510. The summed E-state index contributed by atoms with van der Waals surface area (Å²) in [6.07, 6.45) is -1.20. The van der Waals surface area contributed by atoms with Crippen LogP contribution in [0.25, 0.3) is 10.9 Å². The van der Waals surface area contributed by atoms with Crippen LogP contribution in [0.1, 0.15) is 91.0 Å². The third kappa shape index (κ3) is 21.4. The number of rotatable bonds is 33. The van der Waals surface area contributed by atoms with E-state index >= 15 is 0 Å². The normalized spacial score (nSPS) is 13.9. The predicted molar refractivity (Wildman–Crippen MR) is 262 cm³/mol. The van der Waals surface area contributed by atoms with E-state index in [1.165, 1.54) is 24.1 Å². The predicted octanol–water partition coefficient (Wildman–Crippen LogP) is 2.53. The number of fused-ring (bicyclic) bond motifs is 1. The molecule has 0 saturated carbocycles. The van der Waals surface area contributed by atoms with Gasteiger partial charge in [-0.05, 0) is 87.8 Å². The number of alkyl halides is 3. The molecule has 414 valence electrons. The second kappa shape index (κ2) is 32.1. The SMILES string of the molecule is CC(=O)NCCCC[C@H](NC(=O)[C@H](CCCCNC(=O)c1ccc(F)c(C(F)(F)F)c1)NC(=O)CCOCCOCCOCCNC(=O)COc1ccc2c(C(=O)NCC(=O)N3CCC[C@H]3C#N)ccnc2c1)C(=O)O. The van der Waals surface area contributed by atoms with Crippen molar-refractivity contribution in [3.05, 3.63) is 71.2 Å². The lowest BCUT2D eigenvalue weighted by atomic mass is 10.1. The van der Waals surface area contributed by atoms with Crippen molar-refractivity contribution in [1.29, 1.82) is 5.26 Å². The molecule has 26 heteroatoms. The zero-order valence-electron chi connectivity index (χ0n) is 41.9. The van der Waals surface area contributed by atoms with Crippen molar-refractivity contribution in [3.8, 4) is 11.8 Å². The van der Waals surface area contributed by atoms with Crippen LogP contribution in [0, 0.1) is 17.1 Å². The van der Waals surface area contributed by atoms with Crippen LogP contribution >= 0.6 is 0 Å². The molecule has 1 aliphatic heterocycles. The lowest BCUT2D eigenvalue weighted by Crippen LogP contribution is -2.51. The van der Waals surface area contributed by atoms with E-state index < -0.39 is 76.8 Å². The maximum atomic E-state index is 13.7. The van der Waals surface area contributed by atoms with Gasteiger partial charge in [0.05, 0.1) is 68.9 Å². The molecular formula is C50H63F4N9O13. The lowest BCUT2D eigenvalue weighted by molar-refractivity contribution is -0.142. The van der Waals surface area contributed by atoms with Gasteiger partial charge in [0.15, 0.2) is 6.61 Å². The number of pyridine rings is 1. The van der Waals surface area contributed by atoms with Crippen molar-refractivity contribution in [2.24, 2.45) is 0 Å². The van der Waals surface area contributed by atoms with E-state index in [0.29, 0.717) is 66.7 Å². The lowest BCUT2D eigenvalue weighted by Gasteiger charge is -2.22. The van der Waals surface area contributed by atoms with Crippen LogP contribution in [0.15, 0.2) is 48.7 Å². The van der Waals surface area contributed by atoms with Crippen molar-refractivity contribution in [1.82, 2.24) is 41.8 Å². The van der Waals surface area contributed by atoms with E-state index in [9.17, 15) is 66.3 Å². The molecule has 2 aromatic carbocycles. The van der Waals surface area contributed by atoms with Gasteiger partial charge in [-0.2, -0.15) is 18.4 Å². The maximum absolute atomic E-state index is 13.7. The Hall–Kier alpha value is -7.50. The fourth-order valence-electron chi connectivity index (χ4n) is 7.60. The average molecular weight is 1070 g/mol. The summed E-state index contributed by atoms with van der Waals surface area (Å²) in [7, 11) is 0. The highest BCUT2D eigenvalue weighted by atomic mass is 19.4. The molecule has 1 aliphatic rings. The third-order valence-electron chi connectivity index (χ3n) is 11.5. The van der Waals surface area contributed by atoms with Crippen LogP contribution in [0.4, 0.5) is 17.6 Å². The van der Waals surface area contributed by atoms with E-state index in [1.807, 2.05) is 0 Å². The monoisotopic (exact) mass is 1070 g/mol. The minimum atomic E-state index is -5.01. The van der Waals surface area contributed by atoms with Crippen molar-refractivity contribution in [2.45, 2.75) is 89.0 Å². The molecule has 0 bridgehead atoms. The van der Waals surface area contributed by atoms with Gasteiger partial charge in [-0.15, -0.1) is 0 Å². The zero-order chi connectivity index (χ0) is 55.5. The van der Waals surface area contributed by atoms with Crippen LogP contribution in [0.2, 0.25) is 0 Å². The minimum absolute atomic E-state index is 0.00919. The molecule has 7 amide bonds.